The fourth-order valence-electron chi connectivity index (χ4n) is 2.24. The molecule has 2 aromatic rings. The number of carbonyl (C=O) groups excluding carboxylic acids is 2. The van der Waals surface area contributed by atoms with Crippen LogP contribution in [0, 0.1) is 13.8 Å². The first-order valence-corrected chi connectivity index (χ1v) is 9.25. The van der Waals surface area contributed by atoms with Crippen molar-refractivity contribution in [3.05, 3.63) is 53.6 Å². The maximum absolute atomic E-state index is 12.2. The average Bonchev–Trinajstić information content (AvgIpc) is 2.62. The number of likely N-dealkylation sites (N-methyl/N-ethyl adjacent to an activating group) is 1. The number of anilines is 1. The molecule has 0 aliphatic heterocycles. The van der Waals surface area contributed by atoms with Crippen LogP contribution < -0.4 is 10.1 Å². The van der Waals surface area contributed by atoms with Crippen molar-refractivity contribution in [2.45, 2.75) is 18.7 Å². The summed E-state index contributed by atoms with van der Waals surface area (Å²) in [6.07, 6.45) is 0. The number of thioether (sulfide) groups is 1. The number of ether oxygens (including phenoxy) is 1. The second-order valence-electron chi connectivity index (χ2n) is 6.06. The van der Waals surface area contributed by atoms with Crippen molar-refractivity contribution in [2.24, 2.45) is 0 Å². The predicted octanol–water partition coefficient (Wildman–Crippen LogP) is 3.50. The van der Waals surface area contributed by atoms with Crippen LogP contribution in [-0.4, -0.2) is 43.2 Å². The van der Waals surface area contributed by atoms with Crippen LogP contribution in [0.4, 0.5) is 5.69 Å². The Kier molecular flexibility index (Phi) is 7.09. The van der Waals surface area contributed by atoms with Crippen LogP contribution in [0.2, 0.25) is 0 Å². The smallest absolute Gasteiger partial charge is 0.243 e. The maximum Gasteiger partial charge on any atom is 0.243 e. The van der Waals surface area contributed by atoms with Gasteiger partial charge in [-0.2, -0.15) is 0 Å². The summed E-state index contributed by atoms with van der Waals surface area (Å²) in [5, 5.41) is 2.77. The van der Waals surface area contributed by atoms with Crippen molar-refractivity contribution in [3.63, 3.8) is 0 Å². The van der Waals surface area contributed by atoms with Gasteiger partial charge in [0.25, 0.3) is 0 Å². The molecule has 2 rings (SSSR count). The SMILES string of the molecule is COc1ccc(NC(=O)CN(C)C(=O)CSc2ccc(C)c(C)c2)cc1. The van der Waals surface area contributed by atoms with Gasteiger partial charge in [0.2, 0.25) is 11.8 Å². The van der Waals surface area contributed by atoms with Crippen molar-refractivity contribution < 1.29 is 14.3 Å². The van der Waals surface area contributed by atoms with Gasteiger partial charge in [0, 0.05) is 17.6 Å². The number of amides is 2. The van der Waals surface area contributed by atoms with Gasteiger partial charge in [-0.1, -0.05) is 6.07 Å². The molecule has 0 aliphatic carbocycles. The Balaban J connectivity index is 1.81. The van der Waals surface area contributed by atoms with Crippen LogP contribution >= 0.6 is 11.8 Å². The molecule has 6 heteroatoms. The zero-order valence-corrected chi connectivity index (χ0v) is 16.4. The standard InChI is InChI=1S/C20H24N2O3S/c1-14-5-10-18(11-15(14)2)26-13-20(24)22(3)12-19(23)21-16-6-8-17(25-4)9-7-16/h5-11H,12-13H2,1-4H3,(H,21,23). The summed E-state index contributed by atoms with van der Waals surface area (Å²) in [5.41, 5.74) is 3.10. The molecule has 0 bridgehead atoms. The molecule has 0 aliphatic rings. The summed E-state index contributed by atoms with van der Waals surface area (Å²) in [6.45, 7) is 4.12. The second-order valence-corrected chi connectivity index (χ2v) is 7.11. The quantitative estimate of drug-likeness (QED) is 0.756. The Labute approximate surface area is 158 Å². The zero-order valence-electron chi connectivity index (χ0n) is 15.5. The van der Waals surface area contributed by atoms with Crippen LogP contribution in [0.25, 0.3) is 0 Å². The highest BCUT2D eigenvalue weighted by atomic mass is 32.2. The first-order valence-electron chi connectivity index (χ1n) is 8.27. The number of nitrogens with one attached hydrogen (secondary N) is 1. The van der Waals surface area contributed by atoms with Gasteiger partial charge >= 0.3 is 0 Å². The Hall–Kier alpha value is -2.47. The Morgan fingerprint density at radius 3 is 2.38 bits per heavy atom. The van der Waals surface area contributed by atoms with Gasteiger partial charge < -0.3 is 15.0 Å². The van der Waals surface area contributed by atoms with E-state index in [2.05, 4.69) is 25.2 Å². The summed E-state index contributed by atoms with van der Waals surface area (Å²) < 4.78 is 5.08. The third-order valence-corrected chi connectivity index (χ3v) is 5.00. The Bertz CT molecular complexity index is 775. The lowest BCUT2D eigenvalue weighted by molar-refractivity contribution is -0.131. The van der Waals surface area contributed by atoms with Gasteiger partial charge in [-0.25, -0.2) is 0 Å². The lowest BCUT2D eigenvalue weighted by Crippen LogP contribution is -2.35. The fourth-order valence-corrected chi connectivity index (χ4v) is 3.17. The molecule has 138 valence electrons. The summed E-state index contributed by atoms with van der Waals surface area (Å²) in [5.74, 6) is 0.702. The van der Waals surface area contributed by atoms with E-state index in [0.717, 1.165) is 10.6 Å². The van der Waals surface area contributed by atoms with Crippen molar-refractivity contribution in [1.82, 2.24) is 4.90 Å². The predicted molar refractivity (Wildman–Crippen MR) is 106 cm³/mol. The van der Waals surface area contributed by atoms with Crippen molar-refractivity contribution in [3.8, 4) is 5.75 Å². The Morgan fingerprint density at radius 2 is 1.77 bits per heavy atom. The number of nitrogens with zero attached hydrogens (tertiary/aromatic N) is 1. The van der Waals surface area contributed by atoms with E-state index < -0.39 is 0 Å². The maximum atomic E-state index is 12.2. The number of hydrogen-bond acceptors (Lipinski definition) is 4. The molecule has 0 aromatic heterocycles. The lowest BCUT2D eigenvalue weighted by atomic mass is 10.1. The molecule has 26 heavy (non-hydrogen) atoms. The lowest BCUT2D eigenvalue weighted by Gasteiger charge is -2.17. The minimum absolute atomic E-state index is 0.0123. The van der Waals surface area contributed by atoms with Crippen LogP contribution in [-0.2, 0) is 9.59 Å². The fraction of sp³-hybridized carbons (Fsp3) is 0.300. The molecule has 1 N–H and O–H groups in total. The molecule has 0 heterocycles. The second kappa shape index (κ2) is 9.29. The van der Waals surface area contributed by atoms with Gasteiger partial charge in [0.1, 0.15) is 5.75 Å². The van der Waals surface area contributed by atoms with Crippen molar-refractivity contribution in [1.29, 1.82) is 0 Å². The summed E-state index contributed by atoms with van der Waals surface area (Å²) >= 11 is 1.48. The van der Waals surface area contributed by atoms with E-state index in [0.29, 0.717) is 11.4 Å². The molecule has 0 saturated heterocycles. The molecule has 0 fully saturated rings. The summed E-state index contributed by atoms with van der Waals surface area (Å²) in [7, 11) is 3.22. The van der Waals surface area contributed by atoms with Crippen molar-refractivity contribution in [2.75, 3.05) is 31.8 Å². The van der Waals surface area contributed by atoms with Gasteiger partial charge in [0.05, 0.1) is 19.4 Å². The molecule has 0 saturated carbocycles. The van der Waals surface area contributed by atoms with Crippen LogP contribution in [0.1, 0.15) is 11.1 Å². The molecular formula is C20H24N2O3S. The third-order valence-electron chi connectivity index (χ3n) is 4.02. The molecule has 0 spiro atoms. The van der Waals surface area contributed by atoms with E-state index in [9.17, 15) is 9.59 Å². The minimum Gasteiger partial charge on any atom is -0.497 e. The topological polar surface area (TPSA) is 58.6 Å². The molecule has 0 radical (unpaired) electrons. The van der Waals surface area contributed by atoms with Gasteiger partial charge in [0.15, 0.2) is 0 Å². The van der Waals surface area contributed by atoms with E-state index in [-0.39, 0.29) is 18.4 Å². The first-order chi connectivity index (χ1) is 12.4. The summed E-state index contributed by atoms with van der Waals surface area (Å²) in [4.78, 5) is 26.8. The van der Waals surface area contributed by atoms with Gasteiger partial charge in [-0.15, -0.1) is 11.8 Å². The minimum atomic E-state index is -0.234. The van der Waals surface area contributed by atoms with Crippen LogP contribution in [0.3, 0.4) is 0 Å². The highest BCUT2D eigenvalue weighted by molar-refractivity contribution is 8.00. The van der Waals surface area contributed by atoms with E-state index in [1.165, 1.54) is 27.8 Å². The van der Waals surface area contributed by atoms with Gasteiger partial charge in [-0.05, 0) is 61.4 Å². The molecule has 2 aromatic carbocycles. The summed E-state index contributed by atoms with van der Waals surface area (Å²) in [6, 6.07) is 13.2. The molecule has 2 amide bonds. The molecule has 5 nitrogen and oxygen atoms in total. The normalized spacial score (nSPS) is 10.3. The third kappa shape index (κ3) is 5.81. The highest BCUT2D eigenvalue weighted by Gasteiger charge is 2.13. The van der Waals surface area contributed by atoms with Crippen LogP contribution in [0.15, 0.2) is 47.4 Å². The molecular weight excluding hydrogens is 348 g/mol. The number of methoxy groups -OCH3 is 1. The van der Waals surface area contributed by atoms with E-state index in [1.54, 1.807) is 38.4 Å². The monoisotopic (exact) mass is 372 g/mol. The largest absolute Gasteiger partial charge is 0.497 e. The first kappa shape index (κ1) is 19.8. The Morgan fingerprint density at radius 1 is 1.08 bits per heavy atom. The highest BCUT2D eigenvalue weighted by Crippen LogP contribution is 2.21. The van der Waals surface area contributed by atoms with Gasteiger partial charge in [-0.3, -0.25) is 9.59 Å². The van der Waals surface area contributed by atoms with Crippen molar-refractivity contribution >= 4 is 29.3 Å². The average molecular weight is 372 g/mol. The zero-order chi connectivity index (χ0) is 19.1. The van der Waals surface area contributed by atoms with Crippen LogP contribution in [0.5, 0.6) is 5.75 Å². The number of aryl methyl sites for hydroxylation is 2. The van der Waals surface area contributed by atoms with E-state index in [1.807, 2.05) is 12.1 Å². The molecule has 0 unspecified atom stereocenters. The number of carbonyl (C=O) groups is 2. The number of rotatable bonds is 7. The van der Waals surface area contributed by atoms with E-state index in [4.69, 9.17) is 4.74 Å². The molecule has 0 atom stereocenters. The number of hydrogen-bond donors (Lipinski definition) is 1. The van der Waals surface area contributed by atoms with E-state index >= 15 is 0 Å². The number of benzene rings is 2.